The normalized spacial score (nSPS) is 29.4. The molecule has 0 spiro atoms. The minimum atomic E-state index is -2.07. The molecule has 12 heteroatoms. The lowest BCUT2D eigenvalue weighted by atomic mass is 9.89. The largest absolute Gasteiger partial charge is 0.516 e. The van der Waals surface area contributed by atoms with Crippen molar-refractivity contribution in [1.29, 1.82) is 0 Å². The first-order chi connectivity index (χ1) is 13.1. The van der Waals surface area contributed by atoms with Gasteiger partial charge in [0.1, 0.15) is 5.54 Å². The number of carbonyl (C=O) groups is 3. The second-order valence-electron chi connectivity index (χ2n) is 8.16. The summed E-state index contributed by atoms with van der Waals surface area (Å²) in [6, 6.07) is 0. The first kappa shape index (κ1) is 22.3. The smallest absolute Gasteiger partial charge is 0.477 e. The highest BCUT2D eigenvalue weighted by molar-refractivity contribution is 5.80. The Balaban J connectivity index is 3.03. The Morgan fingerprint density at radius 2 is 1.86 bits per heavy atom. The van der Waals surface area contributed by atoms with Crippen molar-refractivity contribution in [3.63, 3.8) is 0 Å². The van der Waals surface area contributed by atoms with Crippen molar-refractivity contribution in [2.45, 2.75) is 64.4 Å². The number of likely N-dealkylation sites (tertiary alicyclic amines) is 1. The second-order valence-corrected chi connectivity index (χ2v) is 8.16. The number of ether oxygens (including phenoxy) is 1. The summed E-state index contributed by atoms with van der Waals surface area (Å²) in [4.78, 5) is 62.2. The topological polar surface area (TPSA) is 156 Å². The van der Waals surface area contributed by atoms with Crippen LogP contribution in [-0.2, 0) is 14.3 Å². The molecule has 1 aromatic heterocycles. The van der Waals surface area contributed by atoms with E-state index in [9.17, 15) is 38.6 Å². The van der Waals surface area contributed by atoms with Crippen molar-refractivity contribution >= 4 is 18.0 Å². The number of carboxylic acid groups (broad SMARTS) is 2. The number of hydrogen-bond acceptors (Lipinski definition) is 6. The number of amides is 1. The van der Waals surface area contributed by atoms with Gasteiger partial charge in [0.2, 0.25) is 17.5 Å². The van der Waals surface area contributed by atoms with E-state index in [-0.39, 0.29) is 0 Å². The Labute approximate surface area is 163 Å². The van der Waals surface area contributed by atoms with Gasteiger partial charge < -0.3 is 14.9 Å². The van der Waals surface area contributed by atoms with Crippen LogP contribution in [-0.4, -0.2) is 59.5 Å². The molecule has 1 aromatic rings. The Bertz CT molecular complexity index is 994. The van der Waals surface area contributed by atoms with E-state index in [1.807, 2.05) is 0 Å². The van der Waals surface area contributed by atoms with Crippen LogP contribution in [0.5, 0.6) is 0 Å². The lowest BCUT2D eigenvalue weighted by molar-refractivity contribution is -0.964. The summed E-state index contributed by atoms with van der Waals surface area (Å²) in [6.07, 6.45) is -4.68. The molecule has 0 saturated carbocycles. The van der Waals surface area contributed by atoms with Crippen LogP contribution in [0, 0.1) is 5.82 Å². The van der Waals surface area contributed by atoms with Crippen LogP contribution in [0.15, 0.2) is 15.8 Å². The number of rotatable bonds is 3. The molecule has 1 unspecified atom stereocenters. The molecule has 160 valence electrons. The fourth-order valence-electron chi connectivity index (χ4n) is 4.51. The molecule has 2 heterocycles. The van der Waals surface area contributed by atoms with Gasteiger partial charge in [-0.05, 0) is 20.8 Å². The van der Waals surface area contributed by atoms with Crippen LogP contribution in [0.1, 0.15) is 47.2 Å². The lowest BCUT2D eigenvalue weighted by Gasteiger charge is -2.51. The van der Waals surface area contributed by atoms with E-state index in [1.54, 1.807) is 4.98 Å². The van der Waals surface area contributed by atoms with E-state index in [2.05, 4.69) is 0 Å². The van der Waals surface area contributed by atoms with Crippen molar-refractivity contribution < 1.29 is 38.2 Å². The number of aromatic amines is 1. The number of quaternary nitrogens is 1. The minimum absolute atomic E-state index is 0.469. The number of halogens is 1. The van der Waals surface area contributed by atoms with Gasteiger partial charge in [-0.3, -0.25) is 14.6 Å². The van der Waals surface area contributed by atoms with E-state index in [0.717, 1.165) is 13.8 Å². The summed E-state index contributed by atoms with van der Waals surface area (Å²) in [5.74, 6) is -3.73. The first-order valence-corrected chi connectivity index (χ1v) is 8.65. The number of esters is 1. The van der Waals surface area contributed by atoms with Gasteiger partial charge in [-0.15, -0.1) is 0 Å². The van der Waals surface area contributed by atoms with Gasteiger partial charge in [0, 0.05) is 13.8 Å². The third kappa shape index (κ3) is 3.03. The van der Waals surface area contributed by atoms with Gasteiger partial charge in [0.15, 0.2) is 6.10 Å². The van der Waals surface area contributed by atoms with Crippen LogP contribution in [0.3, 0.4) is 0 Å². The van der Waals surface area contributed by atoms with E-state index < -0.39 is 69.3 Å². The molecule has 4 atom stereocenters. The Kier molecular flexibility index (Phi) is 5.22. The quantitative estimate of drug-likeness (QED) is 0.479. The maximum atomic E-state index is 14.0. The third-order valence-electron chi connectivity index (χ3n) is 5.45. The molecular weight excluding hydrogens is 393 g/mol. The second kappa shape index (κ2) is 6.79. The number of aliphatic carboxylic acids is 1. The van der Waals surface area contributed by atoms with Gasteiger partial charge in [-0.1, -0.05) is 0 Å². The summed E-state index contributed by atoms with van der Waals surface area (Å²) in [7, 11) is 0. The zero-order valence-electron chi connectivity index (χ0n) is 16.6. The van der Waals surface area contributed by atoms with Crippen LogP contribution in [0.4, 0.5) is 9.18 Å². The molecule has 1 aliphatic rings. The monoisotopic (exact) mass is 416 g/mol. The van der Waals surface area contributed by atoms with E-state index >= 15 is 0 Å². The summed E-state index contributed by atoms with van der Waals surface area (Å²) >= 11 is 0. The number of hydrogen-bond donors (Lipinski definition) is 3. The SMILES string of the molecule is CC(=O)O[C@@H]1C[C@@](C)(C(=O)O)[N+](C(=O)O)(C(C)(C)C)[C@H]1n1cc(F)c(=O)[nH]c1=O. The molecule has 2 rings (SSSR count). The van der Waals surface area contributed by atoms with Crippen LogP contribution >= 0.6 is 0 Å². The zero-order valence-corrected chi connectivity index (χ0v) is 16.6. The van der Waals surface area contributed by atoms with E-state index in [0.29, 0.717) is 10.8 Å². The number of aromatic nitrogens is 2. The molecule has 1 aliphatic heterocycles. The maximum absolute atomic E-state index is 14.0. The molecule has 1 fully saturated rings. The molecule has 11 nitrogen and oxygen atoms in total. The molecular formula is C17H23FN3O8+. The summed E-state index contributed by atoms with van der Waals surface area (Å²) in [5.41, 5.74) is -5.93. The molecule has 0 aliphatic carbocycles. The maximum Gasteiger partial charge on any atom is 0.516 e. The van der Waals surface area contributed by atoms with Crippen LogP contribution in [0.25, 0.3) is 0 Å². The van der Waals surface area contributed by atoms with Gasteiger partial charge in [0.25, 0.3) is 5.56 Å². The Morgan fingerprint density at radius 1 is 1.31 bits per heavy atom. The van der Waals surface area contributed by atoms with E-state index in [1.165, 1.54) is 20.8 Å². The van der Waals surface area contributed by atoms with Gasteiger partial charge in [-0.25, -0.2) is 14.2 Å². The number of H-pyrrole nitrogens is 1. The first-order valence-electron chi connectivity index (χ1n) is 8.65. The number of carbonyl (C=O) groups excluding carboxylic acids is 1. The van der Waals surface area contributed by atoms with Crippen molar-refractivity contribution in [1.82, 2.24) is 9.55 Å². The van der Waals surface area contributed by atoms with Crippen LogP contribution < -0.4 is 11.2 Å². The average Bonchev–Trinajstić information content (AvgIpc) is 2.80. The lowest BCUT2D eigenvalue weighted by Crippen LogP contribution is -2.75. The molecule has 3 N–H and O–H groups in total. The van der Waals surface area contributed by atoms with Crippen molar-refractivity contribution in [3.8, 4) is 0 Å². The van der Waals surface area contributed by atoms with Gasteiger partial charge >= 0.3 is 23.7 Å². The third-order valence-corrected chi connectivity index (χ3v) is 5.45. The summed E-state index contributed by atoms with van der Waals surface area (Å²) in [5, 5.41) is 20.2. The fourth-order valence-corrected chi connectivity index (χ4v) is 4.51. The Hall–Kier alpha value is -3.02. The van der Waals surface area contributed by atoms with Crippen molar-refractivity contribution in [2.75, 3.05) is 0 Å². The molecule has 1 saturated heterocycles. The average molecular weight is 416 g/mol. The predicted molar refractivity (Wildman–Crippen MR) is 94.6 cm³/mol. The number of carboxylic acids is 1. The predicted octanol–water partition coefficient (Wildman–Crippen LogP) is 0.646. The summed E-state index contributed by atoms with van der Waals surface area (Å²) < 4.78 is 18.5. The molecule has 0 aromatic carbocycles. The van der Waals surface area contributed by atoms with Crippen LogP contribution in [0.2, 0.25) is 0 Å². The number of nitrogens with one attached hydrogen (secondary N) is 1. The molecule has 0 radical (unpaired) electrons. The number of nitrogens with zero attached hydrogens (tertiary/aromatic N) is 2. The Morgan fingerprint density at radius 3 is 2.28 bits per heavy atom. The highest BCUT2D eigenvalue weighted by Crippen LogP contribution is 2.54. The van der Waals surface area contributed by atoms with E-state index in [4.69, 9.17) is 4.74 Å². The molecule has 29 heavy (non-hydrogen) atoms. The molecule has 1 amide bonds. The summed E-state index contributed by atoms with van der Waals surface area (Å²) in [6.45, 7) is 6.53. The van der Waals surface area contributed by atoms with Gasteiger partial charge in [-0.2, -0.15) is 13.7 Å². The molecule has 0 bridgehead atoms. The minimum Gasteiger partial charge on any atom is -0.477 e. The standard InChI is InChI=1S/C17H22FN3O8/c1-8(22)29-10-6-17(5,13(24)25)21(15(27)28,16(2,3)4)12(10)20-7-9(18)11(23)19-14(20)26/h7,10,12H,6H2,1-5H3,(H2-,19,23,24,25,26,27,28)/p+1/t10-,12-,17+,21?/m1/s1. The highest BCUT2D eigenvalue weighted by atomic mass is 19.1. The van der Waals surface area contributed by atoms with Crippen molar-refractivity contribution in [2.24, 2.45) is 0 Å². The zero-order chi connectivity index (χ0) is 22.5. The fraction of sp³-hybridized carbons (Fsp3) is 0.588. The van der Waals surface area contributed by atoms with Gasteiger partial charge in [0.05, 0.1) is 12.6 Å². The van der Waals surface area contributed by atoms with Crippen molar-refractivity contribution in [3.05, 3.63) is 32.9 Å². The highest BCUT2D eigenvalue weighted by Gasteiger charge is 2.76.